The smallest absolute Gasteiger partial charge is 0.0363 e. The summed E-state index contributed by atoms with van der Waals surface area (Å²) in [5.74, 6) is 0.702. The molecule has 0 saturated heterocycles. The Bertz CT molecular complexity index is 615. The highest BCUT2D eigenvalue weighted by atomic mass is 15.1. The van der Waals surface area contributed by atoms with Crippen LogP contribution in [0.3, 0.4) is 0 Å². The summed E-state index contributed by atoms with van der Waals surface area (Å²) in [4.78, 5) is 2.38. The average molecular weight is 293 g/mol. The third-order valence-electron chi connectivity index (χ3n) is 5.36. The highest BCUT2D eigenvalue weighted by Gasteiger charge is 2.35. The summed E-state index contributed by atoms with van der Waals surface area (Å²) in [6.07, 6.45) is 3.78. The van der Waals surface area contributed by atoms with E-state index in [2.05, 4.69) is 80.4 Å². The molecular formula is C21H27N. The lowest BCUT2D eigenvalue weighted by Gasteiger charge is -2.34. The van der Waals surface area contributed by atoms with Crippen LogP contribution in [0.15, 0.2) is 54.6 Å². The molecule has 22 heavy (non-hydrogen) atoms. The van der Waals surface area contributed by atoms with E-state index in [0.29, 0.717) is 11.3 Å². The van der Waals surface area contributed by atoms with Crippen LogP contribution in [0.5, 0.6) is 0 Å². The van der Waals surface area contributed by atoms with Crippen LogP contribution in [0.1, 0.15) is 43.7 Å². The van der Waals surface area contributed by atoms with E-state index in [-0.39, 0.29) is 0 Å². The predicted molar refractivity (Wildman–Crippen MR) is 95.6 cm³/mol. The van der Waals surface area contributed by atoms with Crippen molar-refractivity contribution in [1.29, 1.82) is 0 Å². The fourth-order valence-corrected chi connectivity index (χ4v) is 3.81. The van der Waals surface area contributed by atoms with Crippen LogP contribution >= 0.6 is 0 Å². The number of aryl methyl sites for hydroxylation is 1. The quantitative estimate of drug-likeness (QED) is 0.726. The van der Waals surface area contributed by atoms with Crippen LogP contribution in [-0.2, 0) is 6.42 Å². The molecule has 2 aromatic rings. The largest absolute Gasteiger partial charge is 0.375 e. The van der Waals surface area contributed by atoms with Crippen LogP contribution < -0.4 is 4.90 Å². The summed E-state index contributed by atoms with van der Waals surface area (Å²) in [5.41, 5.74) is 4.81. The standard InChI is InChI=1S/C21H27N/c1-21(2,15-16-22(3)18-10-5-4-6-11-18)20-14-13-17-9-7-8-12-19(17)20/h4-12,20H,13-16H2,1-3H3. The minimum absolute atomic E-state index is 0.343. The first kappa shape index (κ1) is 15.1. The third kappa shape index (κ3) is 3.04. The second kappa shape index (κ2) is 6.16. The summed E-state index contributed by atoms with van der Waals surface area (Å²) in [6.45, 7) is 5.99. The average Bonchev–Trinajstić information content (AvgIpc) is 2.98. The van der Waals surface area contributed by atoms with Gasteiger partial charge in [0.1, 0.15) is 0 Å². The third-order valence-corrected chi connectivity index (χ3v) is 5.36. The number of para-hydroxylation sites is 1. The lowest BCUT2D eigenvalue weighted by atomic mass is 9.73. The molecule has 1 aliphatic carbocycles. The maximum Gasteiger partial charge on any atom is 0.0363 e. The lowest BCUT2D eigenvalue weighted by Crippen LogP contribution is -2.28. The zero-order valence-electron chi connectivity index (χ0n) is 14.0. The molecule has 0 N–H and O–H groups in total. The maximum atomic E-state index is 2.44. The van der Waals surface area contributed by atoms with E-state index < -0.39 is 0 Å². The summed E-state index contributed by atoms with van der Waals surface area (Å²) in [5, 5.41) is 0. The van der Waals surface area contributed by atoms with Crippen LogP contribution in [-0.4, -0.2) is 13.6 Å². The van der Waals surface area contributed by atoms with Crippen LogP contribution in [0.2, 0.25) is 0 Å². The highest BCUT2D eigenvalue weighted by molar-refractivity contribution is 5.45. The molecule has 0 saturated carbocycles. The van der Waals surface area contributed by atoms with Gasteiger partial charge in [0.25, 0.3) is 0 Å². The Kier molecular flexibility index (Phi) is 4.24. The molecular weight excluding hydrogens is 266 g/mol. The molecule has 0 bridgehead atoms. The number of nitrogens with zero attached hydrogens (tertiary/aromatic N) is 1. The SMILES string of the molecule is CN(CCC(C)(C)C1CCc2ccccc21)c1ccccc1. The molecule has 0 fully saturated rings. The maximum absolute atomic E-state index is 2.44. The molecule has 0 aromatic heterocycles. The van der Waals surface area contributed by atoms with E-state index in [0.717, 1.165) is 6.54 Å². The minimum Gasteiger partial charge on any atom is -0.375 e. The van der Waals surface area contributed by atoms with Gasteiger partial charge in [0.2, 0.25) is 0 Å². The van der Waals surface area contributed by atoms with Crippen molar-refractivity contribution in [2.75, 3.05) is 18.5 Å². The van der Waals surface area contributed by atoms with E-state index in [1.807, 2.05) is 0 Å². The van der Waals surface area contributed by atoms with Gasteiger partial charge in [-0.3, -0.25) is 0 Å². The number of hydrogen-bond donors (Lipinski definition) is 0. The fourth-order valence-electron chi connectivity index (χ4n) is 3.81. The molecule has 116 valence electrons. The molecule has 0 radical (unpaired) electrons. The molecule has 1 unspecified atom stereocenters. The van der Waals surface area contributed by atoms with E-state index in [1.165, 1.54) is 24.9 Å². The topological polar surface area (TPSA) is 3.24 Å². The minimum atomic E-state index is 0.343. The summed E-state index contributed by atoms with van der Waals surface area (Å²) >= 11 is 0. The fraction of sp³-hybridized carbons (Fsp3) is 0.429. The molecule has 2 aromatic carbocycles. The molecule has 0 heterocycles. The van der Waals surface area contributed by atoms with Gasteiger partial charge in [0, 0.05) is 19.3 Å². The van der Waals surface area contributed by atoms with Crippen molar-refractivity contribution in [2.45, 2.75) is 39.0 Å². The summed E-state index contributed by atoms with van der Waals surface area (Å²) in [6, 6.07) is 19.7. The van der Waals surface area contributed by atoms with Crippen LogP contribution in [0.25, 0.3) is 0 Å². The number of benzene rings is 2. The highest BCUT2D eigenvalue weighted by Crippen LogP contribution is 2.46. The second-order valence-corrected chi connectivity index (χ2v) is 7.29. The first-order valence-corrected chi connectivity index (χ1v) is 8.42. The van der Waals surface area contributed by atoms with Crippen molar-refractivity contribution in [3.8, 4) is 0 Å². The first-order valence-electron chi connectivity index (χ1n) is 8.42. The Hall–Kier alpha value is -1.76. The van der Waals surface area contributed by atoms with Gasteiger partial charge < -0.3 is 4.90 Å². The van der Waals surface area contributed by atoms with Gasteiger partial charge in [-0.05, 0) is 53.9 Å². The Morgan fingerprint density at radius 3 is 2.45 bits per heavy atom. The Labute approximate surface area is 135 Å². The van der Waals surface area contributed by atoms with Gasteiger partial charge in [-0.15, -0.1) is 0 Å². The van der Waals surface area contributed by atoms with Crippen molar-refractivity contribution in [3.05, 3.63) is 65.7 Å². The molecule has 1 heteroatoms. The van der Waals surface area contributed by atoms with Crippen molar-refractivity contribution < 1.29 is 0 Å². The zero-order valence-corrected chi connectivity index (χ0v) is 14.0. The van der Waals surface area contributed by atoms with Gasteiger partial charge in [0.05, 0.1) is 0 Å². The number of fused-ring (bicyclic) bond motifs is 1. The van der Waals surface area contributed by atoms with Gasteiger partial charge in [-0.2, -0.15) is 0 Å². The number of hydrogen-bond acceptors (Lipinski definition) is 1. The molecule has 3 rings (SSSR count). The Balaban J connectivity index is 1.67. The van der Waals surface area contributed by atoms with Crippen molar-refractivity contribution >= 4 is 5.69 Å². The lowest BCUT2D eigenvalue weighted by molar-refractivity contribution is 0.264. The Morgan fingerprint density at radius 2 is 1.68 bits per heavy atom. The molecule has 1 aliphatic rings. The van der Waals surface area contributed by atoms with Crippen molar-refractivity contribution in [2.24, 2.45) is 5.41 Å². The van der Waals surface area contributed by atoms with E-state index >= 15 is 0 Å². The van der Waals surface area contributed by atoms with Gasteiger partial charge in [-0.1, -0.05) is 56.3 Å². The van der Waals surface area contributed by atoms with Gasteiger partial charge in [-0.25, -0.2) is 0 Å². The van der Waals surface area contributed by atoms with E-state index in [1.54, 1.807) is 11.1 Å². The predicted octanol–water partition coefficient (Wildman–Crippen LogP) is 5.27. The molecule has 0 spiro atoms. The normalized spacial score (nSPS) is 17.3. The van der Waals surface area contributed by atoms with Crippen molar-refractivity contribution in [1.82, 2.24) is 0 Å². The zero-order chi connectivity index (χ0) is 15.6. The first-order chi connectivity index (χ1) is 10.6. The summed E-state index contributed by atoms with van der Waals surface area (Å²) < 4.78 is 0. The summed E-state index contributed by atoms with van der Waals surface area (Å²) in [7, 11) is 2.20. The van der Waals surface area contributed by atoms with E-state index in [4.69, 9.17) is 0 Å². The monoisotopic (exact) mass is 293 g/mol. The van der Waals surface area contributed by atoms with Gasteiger partial charge >= 0.3 is 0 Å². The second-order valence-electron chi connectivity index (χ2n) is 7.29. The van der Waals surface area contributed by atoms with Crippen LogP contribution in [0, 0.1) is 5.41 Å². The van der Waals surface area contributed by atoms with Crippen molar-refractivity contribution in [3.63, 3.8) is 0 Å². The molecule has 1 atom stereocenters. The Morgan fingerprint density at radius 1 is 1.00 bits per heavy atom. The van der Waals surface area contributed by atoms with E-state index in [9.17, 15) is 0 Å². The van der Waals surface area contributed by atoms with Crippen LogP contribution in [0.4, 0.5) is 5.69 Å². The van der Waals surface area contributed by atoms with Gasteiger partial charge in [0.15, 0.2) is 0 Å². The molecule has 0 amide bonds. The molecule has 0 aliphatic heterocycles. The number of rotatable bonds is 5. The number of anilines is 1. The molecule has 1 nitrogen and oxygen atoms in total.